The van der Waals surface area contributed by atoms with Crippen molar-refractivity contribution in [1.82, 2.24) is 4.90 Å². The van der Waals surface area contributed by atoms with Gasteiger partial charge in [0, 0.05) is 24.7 Å². The molecule has 0 spiro atoms. The SMILES string of the molecule is O=C(O)CC1CN(C(=O)Nc2cccc(C(F)(F)F)c2)C1. The molecule has 0 radical (unpaired) electrons. The van der Waals surface area contributed by atoms with Gasteiger partial charge in [0.25, 0.3) is 0 Å². The molecule has 1 fully saturated rings. The topological polar surface area (TPSA) is 69.6 Å². The van der Waals surface area contributed by atoms with Gasteiger partial charge in [-0.1, -0.05) is 6.07 Å². The van der Waals surface area contributed by atoms with Crippen molar-refractivity contribution in [3.05, 3.63) is 29.8 Å². The highest BCUT2D eigenvalue weighted by atomic mass is 19.4. The highest BCUT2D eigenvalue weighted by Crippen LogP contribution is 2.31. The molecule has 0 atom stereocenters. The number of aliphatic carboxylic acids is 1. The number of carboxylic acids is 1. The van der Waals surface area contributed by atoms with Crippen LogP contribution in [0.3, 0.4) is 0 Å². The third-order valence-electron chi connectivity index (χ3n) is 3.15. The minimum absolute atomic E-state index is 0.0205. The molecule has 2 amide bonds. The molecule has 2 rings (SSSR count). The van der Waals surface area contributed by atoms with Crippen molar-refractivity contribution in [2.24, 2.45) is 5.92 Å². The first kappa shape index (κ1) is 15.1. The molecule has 0 aromatic heterocycles. The van der Waals surface area contributed by atoms with Gasteiger partial charge in [0.2, 0.25) is 0 Å². The van der Waals surface area contributed by atoms with E-state index in [-0.39, 0.29) is 31.1 Å². The molecule has 8 heteroatoms. The Labute approximate surface area is 118 Å². The number of alkyl halides is 3. The fourth-order valence-corrected chi connectivity index (χ4v) is 2.09. The maximum Gasteiger partial charge on any atom is 0.416 e. The standard InChI is InChI=1S/C13H13F3N2O3/c14-13(15,16)9-2-1-3-10(5-9)17-12(21)18-6-8(7-18)4-11(19)20/h1-3,5,8H,4,6-7H2,(H,17,21)(H,19,20). The highest BCUT2D eigenvalue weighted by Gasteiger charge is 2.33. The van der Waals surface area contributed by atoms with Crippen molar-refractivity contribution < 1.29 is 27.9 Å². The number of hydrogen-bond acceptors (Lipinski definition) is 2. The van der Waals surface area contributed by atoms with Gasteiger partial charge in [-0.05, 0) is 18.2 Å². The van der Waals surface area contributed by atoms with Gasteiger partial charge in [0.15, 0.2) is 0 Å². The first-order valence-corrected chi connectivity index (χ1v) is 6.20. The molecule has 0 saturated carbocycles. The van der Waals surface area contributed by atoms with Gasteiger partial charge in [-0.2, -0.15) is 13.2 Å². The quantitative estimate of drug-likeness (QED) is 0.902. The minimum atomic E-state index is -4.47. The maximum absolute atomic E-state index is 12.5. The lowest BCUT2D eigenvalue weighted by molar-refractivity contribution is -0.139. The lowest BCUT2D eigenvalue weighted by atomic mass is 9.97. The predicted molar refractivity (Wildman–Crippen MR) is 67.8 cm³/mol. The van der Waals surface area contributed by atoms with E-state index in [2.05, 4.69) is 5.32 Å². The Morgan fingerprint density at radius 3 is 2.57 bits per heavy atom. The summed E-state index contributed by atoms with van der Waals surface area (Å²) in [5.41, 5.74) is -0.788. The van der Waals surface area contributed by atoms with E-state index in [1.807, 2.05) is 0 Å². The number of halogens is 3. The number of amides is 2. The molecule has 0 aliphatic carbocycles. The smallest absolute Gasteiger partial charge is 0.416 e. The van der Waals surface area contributed by atoms with Crippen LogP contribution >= 0.6 is 0 Å². The lowest BCUT2D eigenvalue weighted by Crippen LogP contribution is -2.52. The molecular weight excluding hydrogens is 289 g/mol. The van der Waals surface area contributed by atoms with E-state index >= 15 is 0 Å². The summed E-state index contributed by atoms with van der Waals surface area (Å²) in [6.45, 7) is 0.578. The van der Waals surface area contributed by atoms with Crippen LogP contribution in [0.4, 0.5) is 23.7 Å². The van der Waals surface area contributed by atoms with Gasteiger partial charge in [0.05, 0.1) is 12.0 Å². The second-order valence-electron chi connectivity index (χ2n) is 4.88. The van der Waals surface area contributed by atoms with E-state index in [9.17, 15) is 22.8 Å². The zero-order valence-corrected chi connectivity index (χ0v) is 10.9. The Balaban J connectivity index is 1.91. The van der Waals surface area contributed by atoms with Crippen molar-refractivity contribution in [2.45, 2.75) is 12.6 Å². The van der Waals surface area contributed by atoms with Crippen LogP contribution in [-0.4, -0.2) is 35.1 Å². The molecule has 1 aliphatic rings. The van der Waals surface area contributed by atoms with Crippen LogP contribution in [0.2, 0.25) is 0 Å². The molecule has 5 nitrogen and oxygen atoms in total. The number of hydrogen-bond donors (Lipinski definition) is 2. The number of likely N-dealkylation sites (tertiary alicyclic amines) is 1. The summed E-state index contributed by atoms with van der Waals surface area (Å²) in [6.07, 6.45) is -4.49. The molecule has 0 bridgehead atoms. The maximum atomic E-state index is 12.5. The van der Waals surface area contributed by atoms with Crippen molar-refractivity contribution in [3.63, 3.8) is 0 Å². The average Bonchev–Trinajstić information content (AvgIpc) is 2.32. The summed E-state index contributed by atoms with van der Waals surface area (Å²) in [5, 5.41) is 11.0. The number of carboxylic acid groups (broad SMARTS) is 1. The molecule has 1 aromatic carbocycles. The molecule has 1 saturated heterocycles. The van der Waals surface area contributed by atoms with Gasteiger partial charge in [-0.15, -0.1) is 0 Å². The second kappa shape index (κ2) is 5.63. The van der Waals surface area contributed by atoms with Crippen molar-refractivity contribution in [2.75, 3.05) is 18.4 Å². The molecule has 0 unspecified atom stereocenters. The van der Waals surface area contributed by atoms with Gasteiger partial charge in [0.1, 0.15) is 0 Å². The number of benzene rings is 1. The van der Waals surface area contributed by atoms with Gasteiger partial charge in [-0.3, -0.25) is 4.79 Å². The summed E-state index contributed by atoms with van der Waals surface area (Å²) >= 11 is 0. The van der Waals surface area contributed by atoms with E-state index in [0.29, 0.717) is 0 Å². The zero-order chi connectivity index (χ0) is 15.6. The number of nitrogens with zero attached hydrogens (tertiary/aromatic N) is 1. The number of carbonyl (C=O) groups is 2. The summed E-state index contributed by atoms with van der Waals surface area (Å²) in [7, 11) is 0. The molecule has 1 aromatic rings. The third-order valence-corrected chi connectivity index (χ3v) is 3.15. The van der Waals surface area contributed by atoms with Crippen LogP contribution in [0.15, 0.2) is 24.3 Å². The van der Waals surface area contributed by atoms with Crippen LogP contribution in [0.5, 0.6) is 0 Å². The van der Waals surface area contributed by atoms with E-state index in [0.717, 1.165) is 12.1 Å². The van der Waals surface area contributed by atoms with E-state index in [1.54, 1.807) is 0 Å². The summed E-state index contributed by atoms with van der Waals surface area (Å²) < 4.78 is 37.6. The van der Waals surface area contributed by atoms with E-state index in [1.165, 1.54) is 17.0 Å². The average molecular weight is 302 g/mol. The van der Waals surface area contributed by atoms with Gasteiger partial charge < -0.3 is 15.3 Å². The minimum Gasteiger partial charge on any atom is -0.481 e. The summed E-state index contributed by atoms with van der Waals surface area (Å²) in [6, 6.07) is 3.81. The number of carbonyl (C=O) groups excluding carboxylic acids is 1. The van der Waals surface area contributed by atoms with Crippen LogP contribution in [-0.2, 0) is 11.0 Å². The monoisotopic (exact) mass is 302 g/mol. The van der Waals surface area contributed by atoms with E-state index in [4.69, 9.17) is 5.11 Å². The van der Waals surface area contributed by atoms with Gasteiger partial charge >= 0.3 is 18.2 Å². The Bertz CT molecular complexity index is 554. The van der Waals surface area contributed by atoms with Crippen LogP contribution < -0.4 is 5.32 Å². The molecule has 1 heterocycles. The fraction of sp³-hybridized carbons (Fsp3) is 0.385. The predicted octanol–water partition coefficient (Wildman–Crippen LogP) is 2.64. The summed E-state index contributed by atoms with van der Waals surface area (Å²) in [4.78, 5) is 23.6. The van der Waals surface area contributed by atoms with Crippen LogP contribution in [0.1, 0.15) is 12.0 Å². The van der Waals surface area contributed by atoms with Crippen molar-refractivity contribution in [3.8, 4) is 0 Å². The number of urea groups is 1. The molecule has 21 heavy (non-hydrogen) atoms. The molecular formula is C13H13F3N2O3. The van der Waals surface area contributed by atoms with Crippen LogP contribution in [0.25, 0.3) is 0 Å². The molecule has 2 N–H and O–H groups in total. The normalized spacial score (nSPS) is 15.5. The first-order chi connectivity index (χ1) is 9.75. The summed E-state index contributed by atoms with van der Waals surface area (Å²) in [5.74, 6) is -1.03. The number of rotatable bonds is 3. The fourth-order valence-electron chi connectivity index (χ4n) is 2.09. The van der Waals surface area contributed by atoms with Gasteiger partial charge in [-0.25, -0.2) is 4.79 Å². The lowest BCUT2D eigenvalue weighted by Gasteiger charge is -2.38. The largest absolute Gasteiger partial charge is 0.481 e. The Kier molecular flexibility index (Phi) is 4.06. The first-order valence-electron chi connectivity index (χ1n) is 6.20. The zero-order valence-electron chi connectivity index (χ0n) is 10.9. The Morgan fingerprint density at radius 1 is 1.33 bits per heavy atom. The van der Waals surface area contributed by atoms with Crippen molar-refractivity contribution >= 4 is 17.7 Å². The number of anilines is 1. The van der Waals surface area contributed by atoms with Crippen LogP contribution in [0, 0.1) is 5.92 Å². The second-order valence-corrected chi connectivity index (χ2v) is 4.88. The number of nitrogens with one attached hydrogen (secondary N) is 1. The van der Waals surface area contributed by atoms with E-state index < -0.39 is 23.7 Å². The molecule has 1 aliphatic heterocycles. The third kappa shape index (κ3) is 3.87. The van der Waals surface area contributed by atoms with Crippen molar-refractivity contribution in [1.29, 1.82) is 0 Å². The molecule has 114 valence electrons. The Morgan fingerprint density at radius 2 is 2.00 bits per heavy atom. The Hall–Kier alpha value is -2.25. The highest BCUT2D eigenvalue weighted by molar-refractivity contribution is 5.90.